The van der Waals surface area contributed by atoms with Crippen LogP contribution in [0.25, 0.3) is 0 Å². The molecule has 0 aliphatic rings. The first-order valence-electron chi connectivity index (χ1n) is 4.35. The lowest BCUT2D eigenvalue weighted by Gasteiger charge is -2.09. The Morgan fingerprint density at radius 3 is 2.93 bits per heavy atom. The van der Waals surface area contributed by atoms with E-state index in [1.54, 1.807) is 25.1 Å². The van der Waals surface area contributed by atoms with Crippen LogP contribution in [0.15, 0.2) is 18.2 Å². The number of hydrogen-bond donors (Lipinski definition) is 3. The number of nitrogens with one attached hydrogen (secondary N) is 1. The van der Waals surface area contributed by atoms with E-state index in [9.17, 15) is 0 Å². The molecular formula is C10H13N3O. The van der Waals surface area contributed by atoms with Gasteiger partial charge in [0.2, 0.25) is 0 Å². The number of aliphatic hydroxyl groups excluding tert-OH is 1. The number of nitrogens with two attached hydrogens (primary N) is 1. The van der Waals surface area contributed by atoms with Gasteiger partial charge in [0.1, 0.15) is 6.07 Å². The first kappa shape index (κ1) is 10.4. The first-order chi connectivity index (χ1) is 6.63. The molecule has 0 spiro atoms. The van der Waals surface area contributed by atoms with Crippen molar-refractivity contribution in [2.75, 3.05) is 17.6 Å². The van der Waals surface area contributed by atoms with Crippen molar-refractivity contribution in [2.24, 2.45) is 0 Å². The van der Waals surface area contributed by atoms with E-state index >= 15 is 0 Å². The maximum Gasteiger partial charge on any atom is 0.101 e. The third-order valence-corrected chi connectivity index (χ3v) is 1.78. The topological polar surface area (TPSA) is 82.1 Å². The predicted octanol–water partition coefficient (Wildman–Crippen LogP) is 0.933. The predicted molar refractivity (Wildman–Crippen MR) is 55.7 cm³/mol. The molecule has 1 aromatic rings. The molecule has 0 aliphatic heterocycles. The Kier molecular flexibility index (Phi) is 3.32. The molecule has 1 aromatic carbocycles. The van der Waals surface area contributed by atoms with Crippen molar-refractivity contribution in [3.05, 3.63) is 23.8 Å². The van der Waals surface area contributed by atoms with Crippen molar-refractivity contribution in [3.8, 4) is 6.07 Å². The van der Waals surface area contributed by atoms with Crippen LogP contribution >= 0.6 is 0 Å². The van der Waals surface area contributed by atoms with Crippen LogP contribution in [0.2, 0.25) is 0 Å². The van der Waals surface area contributed by atoms with Gasteiger partial charge in [-0.3, -0.25) is 0 Å². The lowest BCUT2D eigenvalue weighted by Crippen LogP contribution is -2.15. The van der Waals surface area contributed by atoms with Crippen molar-refractivity contribution < 1.29 is 5.11 Å². The van der Waals surface area contributed by atoms with Crippen LogP contribution in [0.4, 0.5) is 11.4 Å². The van der Waals surface area contributed by atoms with Gasteiger partial charge in [-0.15, -0.1) is 0 Å². The van der Waals surface area contributed by atoms with Gasteiger partial charge in [0.15, 0.2) is 0 Å². The standard InChI is InChI=1S/C10H13N3O/c1-7(14)6-13-9-2-3-10(12)8(4-9)5-11/h2-4,7,13-14H,6,12H2,1H3. The van der Waals surface area contributed by atoms with E-state index in [4.69, 9.17) is 16.1 Å². The summed E-state index contributed by atoms with van der Waals surface area (Å²) in [5, 5.41) is 20.7. The Bertz CT molecular complexity index is 355. The van der Waals surface area contributed by atoms with Crippen LogP contribution in [0.1, 0.15) is 12.5 Å². The zero-order valence-electron chi connectivity index (χ0n) is 7.99. The molecule has 1 rings (SSSR count). The summed E-state index contributed by atoms with van der Waals surface area (Å²) >= 11 is 0. The van der Waals surface area contributed by atoms with Gasteiger partial charge in [-0.05, 0) is 25.1 Å². The monoisotopic (exact) mass is 191 g/mol. The van der Waals surface area contributed by atoms with E-state index in [0.29, 0.717) is 17.8 Å². The maximum absolute atomic E-state index is 9.04. The van der Waals surface area contributed by atoms with Crippen molar-refractivity contribution in [1.82, 2.24) is 0 Å². The minimum absolute atomic E-state index is 0.418. The summed E-state index contributed by atoms with van der Waals surface area (Å²) in [5.41, 5.74) is 7.26. The summed E-state index contributed by atoms with van der Waals surface area (Å²) in [6, 6.07) is 7.11. The second kappa shape index (κ2) is 4.49. The normalized spacial score (nSPS) is 11.8. The van der Waals surface area contributed by atoms with Gasteiger partial charge in [0.25, 0.3) is 0 Å². The molecule has 4 heteroatoms. The van der Waals surface area contributed by atoms with Gasteiger partial charge in [0.05, 0.1) is 11.7 Å². The molecule has 14 heavy (non-hydrogen) atoms. The Balaban J connectivity index is 2.76. The first-order valence-corrected chi connectivity index (χ1v) is 4.35. The third-order valence-electron chi connectivity index (χ3n) is 1.78. The molecule has 4 nitrogen and oxygen atoms in total. The molecule has 0 saturated carbocycles. The van der Waals surface area contributed by atoms with E-state index in [1.165, 1.54) is 0 Å². The SMILES string of the molecule is CC(O)CNc1ccc(N)c(C#N)c1. The van der Waals surface area contributed by atoms with E-state index in [0.717, 1.165) is 5.69 Å². The fourth-order valence-electron chi connectivity index (χ4n) is 1.03. The van der Waals surface area contributed by atoms with Crippen LogP contribution in [0, 0.1) is 11.3 Å². The number of nitriles is 1. The van der Waals surface area contributed by atoms with Gasteiger partial charge >= 0.3 is 0 Å². The molecule has 1 unspecified atom stereocenters. The molecule has 4 N–H and O–H groups in total. The Morgan fingerprint density at radius 2 is 2.36 bits per heavy atom. The second-order valence-electron chi connectivity index (χ2n) is 3.14. The van der Waals surface area contributed by atoms with Gasteiger partial charge in [-0.2, -0.15) is 5.26 Å². The van der Waals surface area contributed by atoms with Crippen molar-refractivity contribution in [3.63, 3.8) is 0 Å². The number of nitrogen functional groups attached to an aromatic ring is 1. The number of nitrogens with zero attached hydrogens (tertiary/aromatic N) is 1. The molecule has 0 saturated heterocycles. The molecule has 0 radical (unpaired) electrons. The number of hydrogen-bond acceptors (Lipinski definition) is 4. The Labute approximate surface area is 83.0 Å². The summed E-state index contributed by atoms with van der Waals surface area (Å²) in [6.07, 6.45) is -0.418. The lowest BCUT2D eigenvalue weighted by atomic mass is 10.2. The molecule has 74 valence electrons. The molecule has 0 bridgehead atoms. The summed E-state index contributed by atoms with van der Waals surface area (Å²) in [7, 11) is 0. The molecule has 0 fully saturated rings. The summed E-state index contributed by atoms with van der Waals surface area (Å²) in [5.74, 6) is 0. The number of benzene rings is 1. The number of aliphatic hydroxyl groups is 1. The molecular weight excluding hydrogens is 178 g/mol. The average molecular weight is 191 g/mol. The minimum Gasteiger partial charge on any atom is -0.398 e. The zero-order valence-corrected chi connectivity index (χ0v) is 7.99. The quantitative estimate of drug-likeness (QED) is 0.621. The Hall–Kier alpha value is -1.73. The fraction of sp³-hybridized carbons (Fsp3) is 0.300. The highest BCUT2D eigenvalue weighted by Crippen LogP contribution is 2.16. The highest BCUT2D eigenvalue weighted by molar-refractivity contribution is 5.61. The van der Waals surface area contributed by atoms with E-state index in [-0.39, 0.29) is 0 Å². The smallest absolute Gasteiger partial charge is 0.101 e. The van der Waals surface area contributed by atoms with Crippen LogP contribution in [-0.4, -0.2) is 17.8 Å². The highest BCUT2D eigenvalue weighted by Gasteiger charge is 2.00. The van der Waals surface area contributed by atoms with Crippen LogP contribution in [-0.2, 0) is 0 Å². The van der Waals surface area contributed by atoms with Gasteiger partial charge in [-0.25, -0.2) is 0 Å². The summed E-state index contributed by atoms with van der Waals surface area (Å²) < 4.78 is 0. The summed E-state index contributed by atoms with van der Waals surface area (Å²) in [6.45, 7) is 2.14. The Morgan fingerprint density at radius 1 is 1.64 bits per heavy atom. The van der Waals surface area contributed by atoms with Crippen molar-refractivity contribution >= 4 is 11.4 Å². The second-order valence-corrected chi connectivity index (χ2v) is 3.14. The fourth-order valence-corrected chi connectivity index (χ4v) is 1.03. The molecule has 0 heterocycles. The van der Waals surface area contributed by atoms with Gasteiger partial charge < -0.3 is 16.2 Å². The van der Waals surface area contributed by atoms with Crippen molar-refractivity contribution in [2.45, 2.75) is 13.0 Å². The molecule has 1 atom stereocenters. The van der Waals surface area contributed by atoms with Crippen molar-refractivity contribution in [1.29, 1.82) is 5.26 Å². The van der Waals surface area contributed by atoms with Crippen LogP contribution in [0.3, 0.4) is 0 Å². The van der Waals surface area contributed by atoms with E-state index < -0.39 is 6.10 Å². The van der Waals surface area contributed by atoms with E-state index in [1.807, 2.05) is 6.07 Å². The zero-order chi connectivity index (χ0) is 10.6. The van der Waals surface area contributed by atoms with Crippen LogP contribution < -0.4 is 11.1 Å². The number of anilines is 2. The maximum atomic E-state index is 9.04. The third kappa shape index (κ3) is 2.64. The summed E-state index contributed by atoms with van der Waals surface area (Å²) in [4.78, 5) is 0. The van der Waals surface area contributed by atoms with Gasteiger partial charge in [0, 0.05) is 17.9 Å². The lowest BCUT2D eigenvalue weighted by molar-refractivity contribution is 0.208. The molecule has 0 amide bonds. The highest BCUT2D eigenvalue weighted by atomic mass is 16.3. The van der Waals surface area contributed by atoms with Crippen LogP contribution in [0.5, 0.6) is 0 Å². The molecule has 0 aromatic heterocycles. The molecule has 0 aliphatic carbocycles. The largest absolute Gasteiger partial charge is 0.398 e. The minimum atomic E-state index is -0.418. The van der Waals surface area contributed by atoms with Gasteiger partial charge in [-0.1, -0.05) is 0 Å². The number of rotatable bonds is 3. The van der Waals surface area contributed by atoms with E-state index in [2.05, 4.69) is 5.32 Å². The average Bonchev–Trinajstić information content (AvgIpc) is 2.16.